The Hall–Kier alpha value is -3.88. The molecule has 0 spiro atoms. The molecule has 4 aromatic rings. The van der Waals surface area contributed by atoms with Gasteiger partial charge in [-0.1, -0.05) is 17.7 Å². The Balaban J connectivity index is 1.63. The number of nitrogens with one attached hydrogen (secondary N) is 2. The Morgan fingerprint density at radius 2 is 1.62 bits per heavy atom. The van der Waals surface area contributed by atoms with Crippen molar-refractivity contribution in [3.05, 3.63) is 59.9 Å². The fraction of sp³-hybridized carbons (Fsp3) is 0.0588. The molecular formula is C17H14N8O. The first-order valence-corrected chi connectivity index (χ1v) is 7.81. The Morgan fingerprint density at radius 1 is 0.923 bits per heavy atom. The van der Waals surface area contributed by atoms with E-state index >= 15 is 0 Å². The number of nitrogens with zero attached hydrogens (tertiary/aromatic N) is 6. The molecule has 3 aromatic heterocycles. The maximum atomic E-state index is 4.69. The van der Waals surface area contributed by atoms with Gasteiger partial charge in [-0.3, -0.25) is 10.4 Å². The lowest BCUT2D eigenvalue weighted by Crippen LogP contribution is -2.03. The summed E-state index contributed by atoms with van der Waals surface area (Å²) in [5, 5.41) is 14.8. The van der Waals surface area contributed by atoms with Crippen LogP contribution in [0, 0.1) is 6.92 Å². The minimum Gasteiger partial charge on any atom is -0.337 e. The molecule has 0 atom stereocenters. The predicted octanol–water partition coefficient (Wildman–Crippen LogP) is 2.91. The molecule has 4 rings (SSSR count). The first-order chi connectivity index (χ1) is 12.8. The first kappa shape index (κ1) is 15.6. The Labute approximate surface area is 148 Å². The number of fused-ring (bicyclic) bond motifs is 1. The van der Waals surface area contributed by atoms with Gasteiger partial charge in [0, 0.05) is 18.1 Å². The molecule has 0 aliphatic rings. The summed E-state index contributed by atoms with van der Waals surface area (Å²) in [5.41, 5.74) is 6.41. The third kappa shape index (κ3) is 3.46. The van der Waals surface area contributed by atoms with E-state index < -0.39 is 0 Å². The highest BCUT2D eigenvalue weighted by atomic mass is 16.6. The summed E-state index contributed by atoms with van der Waals surface area (Å²) >= 11 is 0. The summed E-state index contributed by atoms with van der Waals surface area (Å²) in [7, 11) is 0. The molecule has 0 unspecified atom stereocenters. The average molecular weight is 346 g/mol. The van der Waals surface area contributed by atoms with Crippen LogP contribution < -0.4 is 10.7 Å². The number of hydrogen-bond acceptors (Lipinski definition) is 9. The van der Waals surface area contributed by atoms with Crippen molar-refractivity contribution in [3.8, 4) is 0 Å². The van der Waals surface area contributed by atoms with Gasteiger partial charge in [0.25, 0.3) is 0 Å². The van der Waals surface area contributed by atoms with E-state index in [0.717, 1.165) is 16.8 Å². The van der Waals surface area contributed by atoms with E-state index in [2.05, 4.69) is 45.7 Å². The van der Waals surface area contributed by atoms with E-state index in [1.807, 2.05) is 43.3 Å². The Kier molecular flexibility index (Phi) is 4.17. The smallest absolute Gasteiger partial charge is 0.245 e. The van der Waals surface area contributed by atoms with Crippen LogP contribution in [0.1, 0.15) is 11.1 Å². The maximum Gasteiger partial charge on any atom is 0.245 e. The van der Waals surface area contributed by atoms with Crippen molar-refractivity contribution < 1.29 is 4.63 Å². The van der Waals surface area contributed by atoms with Crippen LogP contribution in [0.25, 0.3) is 11.3 Å². The zero-order valence-electron chi connectivity index (χ0n) is 13.8. The second-order valence-electron chi connectivity index (χ2n) is 5.47. The quantitative estimate of drug-likeness (QED) is 0.419. The average Bonchev–Trinajstić information content (AvgIpc) is 3.12. The molecule has 0 amide bonds. The van der Waals surface area contributed by atoms with Crippen molar-refractivity contribution in [3.63, 3.8) is 0 Å². The molecule has 1 aromatic carbocycles. The summed E-state index contributed by atoms with van der Waals surface area (Å²) in [5.74, 6) is 0.864. The Morgan fingerprint density at radius 3 is 2.35 bits per heavy atom. The fourth-order valence-corrected chi connectivity index (χ4v) is 2.19. The van der Waals surface area contributed by atoms with Gasteiger partial charge in [0.1, 0.15) is 0 Å². The van der Waals surface area contributed by atoms with E-state index in [1.165, 1.54) is 0 Å². The monoisotopic (exact) mass is 346 g/mol. The van der Waals surface area contributed by atoms with Crippen LogP contribution in [0.4, 0.5) is 17.3 Å². The number of aryl methyl sites for hydroxylation is 1. The number of rotatable bonds is 5. The summed E-state index contributed by atoms with van der Waals surface area (Å²) in [6, 6.07) is 11.6. The van der Waals surface area contributed by atoms with Gasteiger partial charge in [-0.05, 0) is 47.1 Å². The number of aromatic nitrogens is 5. The van der Waals surface area contributed by atoms with Crippen LogP contribution in [0.15, 0.2) is 58.5 Å². The highest BCUT2D eigenvalue weighted by Gasteiger charge is 2.12. The summed E-state index contributed by atoms with van der Waals surface area (Å²) < 4.78 is 4.69. The van der Waals surface area contributed by atoms with Crippen molar-refractivity contribution in [2.75, 3.05) is 10.7 Å². The standard InChI is InChI=1S/C17H14N8O/c1-11-2-4-13(5-3-11)20-14-15(22-17-16(21-14)24-26-25-17)23-19-10-12-6-8-18-9-7-12/h2-10H,1H3,(H,20,21,24)(H,22,23,25)/b19-10-. The molecule has 0 saturated carbocycles. The van der Waals surface area contributed by atoms with Gasteiger partial charge < -0.3 is 5.32 Å². The molecule has 0 radical (unpaired) electrons. The van der Waals surface area contributed by atoms with Gasteiger partial charge in [0.05, 0.1) is 6.21 Å². The van der Waals surface area contributed by atoms with E-state index in [-0.39, 0.29) is 0 Å². The summed E-state index contributed by atoms with van der Waals surface area (Å²) in [4.78, 5) is 12.7. The van der Waals surface area contributed by atoms with Crippen LogP contribution in [0.3, 0.4) is 0 Å². The molecule has 26 heavy (non-hydrogen) atoms. The second kappa shape index (κ2) is 6.93. The molecule has 0 aliphatic carbocycles. The SMILES string of the molecule is Cc1ccc(Nc2nc3nonc3nc2N/N=C\c2ccncc2)cc1. The lowest BCUT2D eigenvalue weighted by atomic mass is 10.2. The minimum atomic E-state index is 0.293. The molecule has 3 heterocycles. The van der Waals surface area contributed by atoms with Crippen LogP contribution >= 0.6 is 0 Å². The van der Waals surface area contributed by atoms with Crippen LogP contribution in [-0.2, 0) is 0 Å². The van der Waals surface area contributed by atoms with Crippen molar-refractivity contribution in [2.24, 2.45) is 5.10 Å². The largest absolute Gasteiger partial charge is 0.337 e. The maximum absolute atomic E-state index is 4.69. The number of anilines is 3. The molecule has 0 saturated heterocycles. The van der Waals surface area contributed by atoms with E-state index in [0.29, 0.717) is 22.9 Å². The Bertz CT molecular complexity index is 1040. The molecule has 2 N–H and O–H groups in total. The molecule has 0 bridgehead atoms. The second-order valence-corrected chi connectivity index (χ2v) is 5.47. The fourth-order valence-electron chi connectivity index (χ4n) is 2.19. The number of pyridine rings is 1. The zero-order valence-corrected chi connectivity index (χ0v) is 13.8. The van der Waals surface area contributed by atoms with E-state index in [4.69, 9.17) is 0 Å². The highest BCUT2D eigenvalue weighted by molar-refractivity contribution is 5.81. The zero-order chi connectivity index (χ0) is 17.8. The van der Waals surface area contributed by atoms with E-state index in [1.54, 1.807) is 18.6 Å². The van der Waals surface area contributed by atoms with Crippen LogP contribution in [-0.4, -0.2) is 31.5 Å². The lowest BCUT2D eigenvalue weighted by molar-refractivity contribution is 0.314. The van der Waals surface area contributed by atoms with Gasteiger partial charge in [0.2, 0.25) is 11.3 Å². The van der Waals surface area contributed by atoms with Gasteiger partial charge in [-0.25, -0.2) is 9.61 Å². The normalized spacial score (nSPS) is 11.1. The van der Waals surface area contributed by atoms with Crippen molar-refractivity contribution in [2.45, 2.75) is 6.92 Å². The summed E-state index contributed by atoms with van der Waals surface area (Å²) in [6.45, 7) is 2.03. The van der Waals surface area contributed by atoms with Gasteiger partial charge in [0.15, 0.2) is 11.6 Å². The van der Waals surface area contributed by atoms with Crippen LogP contribution in [0.5, 0.6) is 0 Å². The third-order valence-corrected chi connectivity index (χ3v) is 3.52. The highest BCUT2D eigenvalue weighted by Crippen LogP contribution is 2.23. The van der Waals surface area contributed by atoms with E-state index in [9.17, 15) is 0 Å². The van der Waals surface area contributed by atoms with Crippen molar-refractivity contribution in [1.29, 1.82) is 0 Å². The molecule has 9 heteroatoms. The molecule has 9 nitrogen and oxygen atoms in total. The number of hydrazone groups is 1. The van der Waals surface area contributed by atoms with Crippen molar-refractivity contribution >= 4 is 34.8 Å². The number of benzene rings is 1. The van der Waals surface area contributed by atoms with Crippen molar-refractivity contribution in [1.82, 2.24) is 25.3 Å². The molecule has 128 valence electrons. The topological polar surface area (TPSA) is 114 Å². The predicted molar refractivity (Wildman–Crippen MR) is 97.3 cm³/mol. The summed E-state index contributed by atoms with van der Waals surface area (Å²) in [6.07, 6.45) is 5.04. The molecule has 0 fully saturated rings. The first-order valence-electron chi connectivity index (χ1n) is 7.81. The molecular weight excluding hydrogens is 332 g/mol. The third-order valence-electron chi connectivity index (χ3n) is 3.52. The lowest BCUT2D eigenvalue weighted by Gasteiger charge is -2.09. The van der Waals surface area contributed by atoms with Gasteiger partial charge in [-0.2, -0.15) is 10.1 Å². The minimum absolute atomic E-state index is 0.293. The van der Waals surface area contributed by atoms with Gasteiger partial charge in [-0.15, -0.1) is 0 Å². The van der Waals surface area contributed by atoms with Crippen LogP contribution in [0.2, 0.25) is 0 Å². The number of hydrogen-bond donors (Lipinski definition) is 2. The van der Waals surface area contributed by atoms with Gasteiger partial charge >= 0.3 is 0 Å². The molecule has 0 aliphatic heterocycles.